The highest BCUT2D eigenvalue weighted by Gasteiger charge is 2.34. The van der Waals surface area contributed by atoms with E-state index in [2.05, 4.69) is 17.6 Å². The van der Waals surface area contributed by atoms with E-state index in [0.717, 1.165) is 12.1 Å². The molecule has 6 nitrogen and oxygen atoms in total. The van der Waals surface area contributed by atoms with Crippen molar-refractivity contribution in [3.8, 4) is 0 Å². The van der Waals surface area contributed by atoms with Gasteiger partial charge in [-0.3, -0.25) is 14.4 Å². The quantitative estimate of drug-likeness (QED) is 0.685. The Morgan fingerprint density at radius 3 is 2.45 bits per heavy atom. The molecule has 3 rings (SSSR count). The summed E-state index contributed by atoms with van der Waals surface area (Å²) in [5.41, 5.74) is 2.41. The normalized spacial score (nSPS) is 16.0. The second-order valence-corrected chi connectivity index (χ2v) is 7.36. The fourth-order valence-corrected chi connectivity index (χ4v) is 3.51. The van der Waals surface area contributed by atoms with Gasteiger partial charge in [0.2, 0.25) is 11.8 Å². The zero-order valence-electron chi connectivity index (χ0n) is 16.3. The van der Waals surface area contributed by atoms with E-state index in [-0.39, 0.29) is 37.2 Å². The summed E-state index contributed by atoms with van der Waals surface area (Å²) in [4.78, 5) is 38.5. The summed E-state index contributed by atoms with van der Waals surface area (Å²) in [6.45, 7) is 3.00. The average molecular weight is 414 g/mol. The van der Waals surface area contributed by atoms with Crippen LogP contribution in [0.15, 0.2) is 48.5 Å². The molecule has 7 heteroatoms. The summed E-state index contributed by atoms with van der Waals surface area (Å²) in [5, 5.41) is 5.90. The van der Waals surface area contributed by atoms with Crippen molar-refractivity contribution >= 4 is 35.0 Å². The molecule has 152 valence electrons. The topological polar surface area (TPSA) is 78.5 Å². The van der Waals surface area contributed by atoms with Crippen LogP contribution in [0.1, 0.15) is 29.3 Å². The van der Waals surface area contributed by atoms with Gasteiger partial charge in [-0.15, -0.1) is 0 Å². The van der Waals surface area contributed by atoms with Crippen molar-refractivity contribution in [1.29, 1.82) is 0 Å². The van der Waals surface area contributed by atoms with Gasteiger partial charge in [0, 0.05) is 31.7 Å². The summed E-state index contributed by atoms with van der Waals surface area (Å²) in [6, 6.07) is 14.6. The SMILES string of the molecule is CCc1ccc(N2CC(C(=O)NCCNC(=O)c3ccccc3Cl)CC2=O)cc1. The molecule has 1 unspecified atom stereocenters. The number of carbonyl (C=O) groups is 3. The third-order valence-electron chi connectivity index (χ3n) is 4.98. The van der Waals surface area contributed by atoms with Crippen molar-refractivity contribution in [1.82, 2.24) is 10.6 Å². The maximum absolute atomic E-state index is 12.4. The van der Waals surface area contributed by atoms with Gasteiger partial charge < -0.3 is 15.5 Å². The van der Waals surface area contributed by atoms with Crippen LogP contribution >= 0.6 is 11.6 Å². The molecular formula is C22H24ClN3O3. The fraction of sp³-hybridized carbons (Fsp3) is 0.318. The highest BCUT2D eigenvalue weighted by molar-refractivity contribution is 6.33. The van der Waals surface area contributed by atoms with Gasteiger partial charge in [-0.25, -0.2) is 0 Å². The van der Waals surface area contributed by atoms with Crippen LogP contribution in [0.2, 0.25) is 5.02 Å². The number of rotatable bonds is 7. The Hall–Kier alpha value is -2.86. The van der Waals surface area contributed by atoms with Gasteiger partial charge in [0.25, 0.3) is 5.91 Å². The maximum Gasteiger partial charge on any atom is 0.252 e. The number of nitrogens with one attached hydrogen (secondary N) is 2. The third-order valence-corrected chi connectivity index (χ3v) is 5.31. The number of benzene rings is 2. The number of halogens is 1. The lowest BCUT2D eigenvalue weighted by Gasteiger charge is -2.17. The van der Waals surface area contributed by atoms with Crippen LogP contribution in [-0.4, -0.2) is 37.4 Å². The standard InChI is InChI=1S/C22H24ClN3O3/c1-2-15-7-9-17(10-8-15)26-14-16(13-20(26)27)21(28)24-11-12-25-22(29)18-5-3-4-6-19(18)23/h3-10,16H,2,11-14H2,1H3,(H,24,28)(H,25,29). The Kier molecular flexibility index (Phi) is 6.88. The highest BCUT2D eigenvalue weighted by Crippen LogP contribution is 2.25. The zero-order valence-corrected chi connectivity index (χ0v) is 17.0. The number of carbonyl (C=O) groups excluding carboxylic acids is 3. The average Bonchev–Trinajstić information content (AvgIpc) is 3.13. The van der Waals surface area contributed by atoms with E-state index >= 15 is 0 Å². The lowest BCUT2D eigenvalue weighted by molar-refractivity contribution is -0.126. The molecule has 1 saturated heterocycles. The first-order chi connectivity index (χ1) is 14.0. The van der Waals surface area contributed by atoms with E-state index in [0.29, 0.717) is 17.1 Å². The Bertz CT molecular complexity index is 898. The van der Waals surface area contributed by atoms with Gasteiger partial charge in [0.15, 0.2) is 0 Å². The van der Waals surface area contributed by atoms with Crippen LogP contribution in [0.3, 0.4) is 0 Å². The van der Waals surface area contributed by atoms with Crippen LogP contribution in [0, 0.1) is 5.92 Å². The molecule has 1 aliphatic heterocycles. The maximum atomic E-state index is 12.4. The number of hydrogen-bond donors (Lipinski definition) is 2. The van der Waals surface area contributed by atoms with Gasteiger partial charge >= 0.3 is 0 Å². The molecule has 29 heavy (non-hydrogen) atoms. The molecule has 1 fully saturated rings. The second kappa shape index (κ2) is 9.56. The van der Waals surface area contributed by atoms with Crippen molar-refractivity contribution in [3.63, 3.8) is 0 Å². The molecule has 1 heterocycles. The van der Waals surface area contributed by atoms with Crippen molar-refractivity contribution < 1.29 is 14.4 Å². The molecule has 1 aliphatic rings. The van der Waals surface area contributed by atoms with E-state index in [1.165, 1.54) is 5.56 Å². The minimum absolute atomic E-state index is 0.0542. The molecule has 2 N–H and O–H groups in total. The molecule has 0 aromatic heterocycles. The van der Waals surface area contributed by atoms with Crippen LogP contribution in [0.25, 0.3) is 0 Å². The van der Waals surface area contributed by atoms with Crippen LogP contribution in [0.4, 0.5) is 5.69 Å². The van der Waals surface area contributed by atoms with Crippen molar-refractivity contribution in [2.75, 3.05) is 24.5 Å². The fourth-order valence-electron chi connectivity index (χ4n) is 3.29. The first-order valence-electron chi connectivity index (χ1n) is 9.69. The molecule has 0 bridgehead atoms. The number of nitrogens with zero attached hydrogens (tertiary/aromatic N) is 1. The molecule has 3 amide bonds. The molecule has 0 radical (unpaired) electrons. The van der Waals surface area contributed by atoms with Gasteiger partial charge in [-0.2, -0.15) is 0 Å². The predicted molar refractivity (Wildman–Crippen MR) is 113 cm³/mol. The Labute approximate surface area is 175 Å². The molecule has 2 aromatic carbocycles. The van der Waals surface area contributed by atoms with Gasteiger partial charge in [-0.1, -0.05) is 42.8 Å². The van der Waals surface area contributed by atoms with Crippen LogP contribution < -0.4 is 15.5 Å². The smallest absolute Gasteiger partial charge is 0.252 e. The molecule has 1 atom stereocenters. The number of hydrogen-bond acceptors (Lipinski definition) is 3. The summed E-state index contributed by atoms with van der Waals surface area (Å²) in [7, 11) is 0. The Morgan fingerprint density at radius 1 is 1.07 bits per heavy atom. The van der Waals surface area contributed by atoms with E-state index < -0.39 is 5.92 Å². The highest BCUT2D eigenvalue weighted by atomic mass is 35.5. The van der Waals surface area contributed by atoms with Gasteiger partial charge in [-0.05, 0) is 36.2 Å². The molecule has 0 spiro atoms. The Morgan fingerprint density at radius 2 is 1.76 bits per heavy atom. The minimum atomic E-state index is -0.396. The molecular weight excluding hydrogens is 390 g/mol. The molecule has 0 saturated carbocycles. The van der Waals surface area contributed by atoms with E-state index in [1.807, 2.05) is 24.3 Å². The lowest BCUT2D eigenvalue weighted by Crippen LogP contribution is -2.38. The van der Waals surface area contributed by atoms with E-state index in [4.69, 9.17) is 11.6 Å². The summed E-state index contributed by atoms with van der Waals surface area (Å²) < 4.78 is 0. The number of aryl methyl sites for hydroxylation is 1. The summed E-state index contributed by atoms with van der Waals surface area (Å²) >= 11 is 6.00. The van der Waals surface area contributed by atoms with Crippen molar-refractivity contribution in [3.05, 3.63) is 64.7 Å². The summed E-state index contributed by atoms with van der Waals surface area (Å²) in [6.07, 6.45) is 1.12. The zero-order chi connectivity index (χ0) is 20.8. The second-order valence-electron chi connectivity index (χ2n) is 6.95. The summed E-state index contributed by atoms with van der Waals surface area (Å²) in [5.74, 6) is -0.922. The lowest BCUT2D eigenvalue weighted by atomic mass is 10.1. The first-order valence-corrected chi connectivity index (χ1v) is 10.1. The number of amides is 3. The van der Waals surface area contributed by atoms with E-state index in [1.54, 1.807) is 29.2 Å². The van der Waals surface area contributed by atoms with Gasteiger partial charge in [0.1, 0.15) is 0 Å². The van der Waals surface area contributed by atoms with Crippen molar-refractivity contribution in [2.45, 2.75) is 19.8 Å². The van der Waals surface area contributed by atoms with Gasteiger partial charge in [0.05, 0.1) is 16.5 Å². The Balaban J connectivity index is 1.45. The molecule has 0 aliphatic carbocycles. The predicted octanol–water partition coefficient (Wildman–Crippen LogP) is 2.80. The van der Waals surface area contributed by atoms with Crippen molar-refractivity contribution in [2.24, 2.45) is 5.92 Å². The van der Waals surface area contributed by atoms with Crippen LogP contribution in [0.5, 0.6) is 0 Å². The monoisotopic (exact) mass is 413 g/mol. The minimum Gasteiger partial charge on any atom is -0.354 e. The molecule has 2 aromatic rings. The first kappa shape index (κ1) is 20.9. The largest absolute Gasteiger partial charge is 0.354 e. The third kappa shape index (κ3) is 5.15. The van der Waals surface area contributed by atoms with Crippen LogP contribution in [-0.2, 0) is 16.0 Å². The van der Waals surface area contributed by atoms with E-state index in [9.17, 15) is 14.4 Å². The number of anilines is 1.